The van der Waals surface area contributed by atoms with Crippen molar-refractivity contribution in [1.82, 2.24) is 0 Å². The molecule has 0 aliphatic heterocycles. The molecule has 0 saturated carbocycles. The number of amides is 2. The van der Waals surface area contributed by atoms with Crippen molar-refractivity contribution in [2.24, 2.45) is 0 Å². The van der Waals surface area contributed by atoms with Crippen LogP contribution < -0.4 is 15.5 Å². The number of hydrogen-bond donors (Lipinski definition) is 3. The number of hydrogen-bond acceptors (Lipinski definition) is 2. The van der Waals surface area contributed by atoms with Crippen LogP contribution in [0.2, 0.25) is 5.02 Å². The molecule has 2 amide bonds. The summed E-state index contributed by atoms with van der Waals surface area (Å²) in [6.45, 7) is 0.352. The molecule has 2 aromatic rings. The Bertz CT molecular complexity index is 722. The highest BCUT2D eigenvalue weighted by atomic mass is 79.9. The molecule has 0 aromatic heterocycles. The Hall–Kier alpha value is -1.89. The van der Waals surface area contributed by atoms with Crippen molar-refractivity contribution in [3.8, 4) is 0 Å². The lowest BCUT2D eigenvalue weighted by Crippen LogP contribution is -3.11. The van der Waals surface area contributed by atoms with E-state index in [0.29, 0.717) is 10.7 Å². The average molecular weight is 412 g/mol. The maximum atomic E-state index is 12.0. The van der Waals surface area contributed by atoms with Gasteiger partial charge in [-0.2, -0.15) is 0 Å². The quantitative estimate of drug-likeness (QED) is 0.682. The van der Waals surface area contributed by atoms with Gasteiger partial charge < -0.3 is 15.5 Å². The molecule has 0 bridgehead atoms. The molecular weight excluding hydrogens is 394 g/mol. The van der Waals surface area contributed by atoms with Gasteiger partial charge in [-0.1, -0.05) is 39.7 Å². The lowest BCUT2D eigenvalue weighted by atomic mass is 10.3. The van der Waals surface area contributed by atoms with Gasteiger partial charge in [0.2, 0.25) is 0 Å². The standard InChI is InChI=1S/C17H17BrClN3O2/c1-22(10-16(23)20-13-8-6-12(18)7-9-13)11-17(24)21-15-5-3-2-4-14(15)19/h2-9H,10-11H2,1H3,(H,20,23)(H,21,24)/p+1. The Morgan fingerprint density at radius 3 is 2.21 bits per heavy atom. The maximum Gasteiger partial charge on any atom is 0.279 e. The third-order valence-electron chi connectivity index (χ3n) is 3.20. The minimum Gasteiger partial charge on any atom is -0.322 e. The smallest absolute Gasteiger partial charge is 0.279 e. The first-order valence-electron chi connectivity index (χ1n) is 7.35. The van der Waals surface area contributed by atoms with Crippen LogP contribution in [0, 0.1) is 0 Å². The van der Waals surface area contributed by atoms with E-state index in [1.54, 1.807) is 43.4 Å². The summed E-state index contributed by atoms with van der Waals surface area (Å²) in [7, 11) is 1.79. The van der Waals surface area contributed by atoms with Crippen molar-refractivity contribution in [3.63, 3.8) is 0 Å². The lowest BCUT2D eigenvalue weighted by Gasteiger charge is -2.14. The summed E-state index contributed by atoms with van der Waals surface area (Å²) in [5.74, 6) is -0.350. The second kappa shape index (κ2) is 8.82. The van der Waals surface area contributed by atoms with E-state index in [9.17, 15) is 9.59 Å². The van der Waals surface area contributed by atoms with Crippen LogP contribution in [0.4, 0.5) is 11.4 Å². The van der Waals surface area contributed by atoms with Gasteiger partial charge in [0.15, 0.2) is 13.1 Å². The van der Waals surface area contributed by atoms with Gasteiger partial charge in [0, 0.05) is 10.2 Å². The number of carbonyl (C=O) groups excluding carboxylic acids is 2. The average Bonchev–Trinajstić information content (AvgIpc) is 2.51. The van der Waals surface area contributed by atoms with Crippen LogP contribution in [0.1, 0.15) is 0 Å². The third-order valence-corrected chi connectivity index (χ3v) is 4.06. The highest BCUT2D eigenvalue weighted by molar-refractivity contribution is 9.10. The minimum atomic E-state index is -0.197. The fourth-order valence-electron chi connectivity index (χ4n) is 2.11. The Labute approximate surface area is 154 Å². The highest BCUT2D eigenvalue weighted by Gasteiger charge is 2.15. The molecule has 0 aliphatic rings. The van der Waals surface area contributed by atoms with Crippen LogP contribution in [0.5, 0.6) is 0 Å². The number of halogens is 2. The Morgan fingerprint density at radius 2 is 1.58 bits per heavy atom. The first-order valence-corrected chi connectivity index (χ1v) is 8.52. The minimum absolute atomic E-state index is 0.152. The summed E-state index contributed by atoms with van der Waals surface area (Å²) < 4.78 is 0.944. The number of carbonyl (C=O) groups is 2. The van der Waals surface area contributed by atoms with E-state index in [1.807, 2.05) is 12.1 Å². The van der Waals surface area contributed by atoms with Crippen LogP contribution in [0.15, 0.2) is 53.0 Å². The van der Waals surface area contributed by atoms with Crippen LogP contribution in [0.3, 0.4) is 0 Å². The molecule has 2 rings (SSSR count). The van der Waals surface area contributed by atoms with Gasteiger partial charge in [0.1, 0.15) is 0 Å². The number of rotatable bonds is 6. The van der Waals surface area contributed by atoms with E-state index in [-0.39, 0.29) is 24.9 Å². The molecule has 0 spiro atoms. The van der Waals surface area contributed by atoms with Gasteiger partial charge >= 0.3 is 0 Å². The number of para-hydroxylation sites is 1. The second-order valence-corrected chi connectivity index (χ2v) is 6.72. The van der Waals surface area contributed by atoms with Crippen molar-refractivity contribution in [1.29, 1.82) is 0 Å². The zero-order valence-electron chi connectivity index (χ0n) is 13.1. The van der Waals surface area contributed by atoms with Gasteiger partial charge in [0.25, 0.3) is 11.8 Å². The van der Waals surface area contributed by atoms with Gasteiger partial charge in [-0.05, 0) is 36.4 Å². The molecule has 126 valence electrons. The third kappa shape index (κ3) is 5.96. The molecule has 1 atom stereocenters. The molecule has 0 radical (unpaired) electrons. The highest BCUT2D eigenvalue weighted by Crippen LogP contribution is 2.19. The van der Waals surface area contributed by atoms with E-state index in [2.05, 4.69) is 26.6 Å². The Kier molecular flexibility index (Phi) is 6.78. The SMILES string of the molecule is C[NH+](CC(=O)Nc1ccc(Br)cc1)CC(=O)Nc1ccccc1Cl. The van der Waals surface area contributed by atoms with Gasteiger partial charge in [0.05, 0.1) is 17.8 Å². The first kappa shape index (κ1) is 18.4. The van der Waals surface area contributed by atoms with E-state index in [0.717, 1.165) is 15.1 Å². The number of quaternary nitrogens is 1. The summed E-state index contributed by atoms with van der Waals surface area (Å²) in [6, 6.07) is 14.3. The van der Waals surface area contributed by atoms with E-state index in [1.165, 1.54) is 0 Å². The van der Waals surface area contributed by atoms with Gasteiger partial charge in [-0.3, -0.25) is 9.59 Å². The zero-order chi connectivity index (χ0) is 17.5. The van der Waals surface area contributed by atoms with E-state index in [4.69, 9.17) is 11.6 Å². The summed E-state index contributed by atoms with van der Waals surface area (Å²) >= 11 is 9.34. The molecule has 2 aromatic carbocycles. The maximum absolute atomic E-state index is 12.0. The molecule has 0 fully saturated rings. The fourth-order valence-corrected chi connectivity index (χ4v) is 2.55. The van der Waals surface area contributed by atoms with Crippen LogP contribution in [-0.4, -0.2) is 32.0 Å². The van der Waals surface area contributed by atoms with Crippen molar-refractivity contribution < 1.29 is 14.5 Å². The molecule has 1 unspecified atom stereocenters. The summed E-state index contributed by atoms with van der Waals surface area (Å²) in [6.07, 6.45) is 0. The lowest BCUT2D eigenvalue weighted by molar-refractivity contribution is -0.862. The Morgan fingerprint density at radius 1 is 1.00 bits per heavy atom. The Balaban J connectivity index is 1.80. The fraction of sp³-hybridized carbons (Fsp3) is 0.176. The van der Waals surface area contributed by atoms with Crippen molar-refractivity contribution in [2.75, 3.05) is 30.8 Å². The van der Waals surface area contributed by atoms with Crippen LogP contribution in [-0.2, 0) is 9.59 Å². The number of anilines is 2. The van der Waals surface area contributed by atoms with Crippen molar-refractivity contribution in [3.05, 3.63) is 58.0 Å². The predicted octanol–water partition coefficient (Wildman–Crippen LogP) is 2.19. The molecule has 7 heteroatoms. The summed E-state index contributed by atoms with van der Waals surface area (Å²) in [5, 5.41) is 6.02. The normalized spacial score (nSPS) is 11.6. The van der Waals surface area contributed by atoms with Crippen LogP contribution in [0.25, 0.3) is 0 Å². The van der Waals surface area contributed by atoms with Crippen molar-refractivity contribution >= 4 is 50.7 Å². The molecule has 0 saturated heterocycles. The molecule has 0 heterocycles. The van der Waals surface area contributed by atoms with E-state index >= 15 is 0 Å². The number of benzene rings is 2. The molecule has 5 nitrogen and oxygen atoms in total. The van der Waals surface area contributed by atoms with Crippen LogP contribution >= 0.6 is 27.5 Å². The number of nitrogens with one attached hydrogen (secondary N) is 3. The topological polar surface area (TPSA) is 62.6 Å². The van der Waals surface area contributed by atoms with Crippen molar-refractivity contribution in [2.45, 2.75) is 0 Å². The first-order chi connectivity index (χ1) is 11.4. The number of likely N-dealkylation sites (N-methyl/N-ethyl adjacent to an activating group) is 1. The van der Waals surface area contributed by atoms with Gasteiger partial charge in [-0.15, -0.1) is 0 Å². The van der Waals surface area contributed by atoms with E-state index < -0.39 is 0 Å². The molecule has 0 aliphatic carbocycles. The molecular formula is C17H18BrClN3O2+. The monoisotopic (exact) mass is 410 g/mol. The predicted molar refractivity (Wildman–Crippen MR) is 99.5 cm³/mol. The molecule has 24 heavy (non-hydrogen) atoms. The largest absolute Gasteiger partial charge is 0.322 e. The summed E-state index contributed by atoms with van der Waals surface area (Å²) in [5.41, 5.74) is 1.28. The summed E-state index contributed by atoms with van der Waals surface area (Å²) in [4.78, 5) is 24.8. The molecule has 3 N–H and O–H groups in total. The van der Waals surface area contributed by atoms with Gasteiger partial charge in [-0.25, -0.2) is 0 Å². The zero-order valence-corrected chi connectivity index (χ0v) is 15.4. The second-order valence-electron chi connectivity index (χ2n) is 5.39.